The first-order valence-electron chi connectivity index (χ1n) is 14.8. The molecule has 280 valence electrons. The van der Waals surface area contributed by atoms with Gasteiger partial charge in [0.1, 0.15) is 0 Å². The lowest BCUT2D eigenvalue weighted by Crippen LogP contribution is -2.47. The molecule has 1 saturated heterocycles. The summed E-state index contributed by atoms with van der Waals surface area (Å²) in [6.45, 7) is -3.13. The van der Waals surface area contributed by atoms with Crippen LogP contribution in [0.2, 0.25) is 0 Å². The second-order valence-corrected chi connectivity index (χ2v) is 11.8. The lowest BCUT2D eigenvalue weighted by Gasteiger charge is -2.34. The first kappa shape index (κ1) is 40.8. The van der Waals surface area contributed by atoms with E-state index in [-0.39, 0.29) is 70.1 Å². The number of aliphatic carboxylic acids is 2. The third kappa shape index (κ3) is 12.9. The standard InChI is InChI=1S/C30H32F12N4O4/c31-27(32,33)21-8-19(9-22(12-21)28(34,35)36)14-43-2-1-3-44(16-25(47)48)5-6-45(18-46(7-4-43)17-26(49)50)15-20-10-23(29(37,38)39)13-24(11-20)30(40,41)42/h8-13H,1-7,14-18H2,(H,47,48)(H,49,50). The van der Waals surface area contributed by atoms with Crippen molar-refractivity contribution in [1.29, 1.82) is 0 Å². The van der Waals surface area contributed by atoms with Gasteiger partial charge in [-0.25, -0.2) is 0 Å². The van der Waals surface area contributed by atoms with Crippen molar-refractivity contribution in [2.75, 3.05) is 59.0 Å². The number of halogens is 12. The fourth-order valence-electron chi connectivity index (χ4n) is 5.43. The summed E-state index contributed by atoms with van der Waals surface area (Å²) in [5.74, 6) is -2.67. The van der Waals surface area contributed by atoms with Crippen LogP contribution in [0.4, 0.5) is 52.7 Å². The van der Waals surface area contributed by atoms with E-state index < -0.39 is 90.6 Å². The molecule has 0 unspecified atom stereocenters. The maximum absolute atomic E-state index is 13.5. The van der Waals surface area contributed by atoms with Crippen molar-refractivity contribution in [2.24, 2.45) is 0 Å². The minimum atomic E-state index is -5.14. The van der Waals surface area contributed by atoms with Crippen molar-refractivity contribution in [2.45, 2.75) is 44.2 Å². The lowest BCUT2D eigenvalue weighted by molar-refractivity contribution is -0.144. The van der Waals surface area contributed by atoms with Crippen LogP contribution in [-0.2, 0) is 47.4 Å². The molecule has 20 heteroatoms. The zero-order valence-corrected chi connectivity index (χ0v) is 26.0. The predicted octanol–water partition coefficient (Wildman–Crippen LogP) is 6.20. The van der Waals surface area contributed by atoms with Crippen LogP contribution in [-0.4, -0.2) is 101 Å². The van der Waals surface area contributed by atoms with E-state index >= 15 is 0 Å². The van der Waals surface area contributed by atoms with Crippen molar-refractivity contribution in [3.63, 3.8) is 0 Å². The molecular formula is C30H32F12N4O4. The summed E-state index contributed by atoms with van der Waals surface area (Å²) in [5.41, 5.74) is -7.04. The molecule has 1 heterocycles. The maximum Gasteiger partial charge on any atom is 0.416 e. The van der Waals surface area contributed by atoms with Gasteiger partial charge in [0.15, 0.2) is 0 Å². The Hall–Kier alpha value is -3.62. The van der Waals surface area contributed by atoms with E-state index in [0.29, 0.717) is 24.3 Å². The topological polar surface area (TPSA) is 87.6 Å². The SMILES string of the molecule is O=C(O)CN1CCCN(Cc2cc(C(F)(F)F)cc(C(F)(F)F)c2)CCN(CC(=O)O)CN(Cc2cc(C(F)(F)F)cc(C(F)(F)F)c2)CC1. The average molecular weight is 741 g/mol. The number of carbonyl (C=O) groups is 2. The Bertz CT molecular complexity index is 1410. The number of nitrogens with zero attached hydrogens (tertiary/aromatic N) is 4. The minimum Gasteiger partial charge on any atom is -0.480 e. The summed E-state index contributed by atoms with van der Waals surface area (Å²) in [6, 6.07) is 2.02. The zero-order valence-electron chi connectivity index (χ0n) is 26.0. The zero-order chi connectivity index (χ0) is 37.7. The van der Waals surface area contributed by atoms with Gasteiger partial charge in [0, 0.05) is 45.8 Å². The largest absolute Gasteiger partial charge is 0.480 e. The molecule has 50 heavy (non-hydrogen) atoms. The Kier molecular flexibility index (Phi) is 13.2. The lowest BCUT2D eigenvalue weighted by atomic mass is 10.0. The molecule has 1 aliphatic heterocycles. The first-order valence-corrected chi connectivity index (χ1v) is 14.8. The van der Waals surface area contributed by atoms with Crippen LogP contribution in [0.3, 0.4) is 0 Å². The molecule has 3 rings (SSSR count). The molecule has 0 atom stereocenters. The fourth-order valence-corrected chi connectivity index (χ4v) is 5.43. The Morgan fingerprint density at radius 2 is 0.800 bits per heavy atom. The van der Waals surface area contributed by atoms with Crippen LogP contribution in [0, 0.1) is 0 Å². The van der Waals surface area contributed by atoms with Crippen LogP contribution < -0.4 is 0 Å². The van der Waals surface area contributed by atoms with Gasteiger partial charge in [0.25, 0.3) is 0 Å². The summed E-state index contributed by atoms with van der Waals surface area (Å²) >= 11 is 0. The van der Waals surface area contributed by atoms with Crippen LogP contribution in [0.25, 0.3) is 0 Å². The van der Waals surface area contributed by atoms with E-state index in [4.69, 9.17) is 0 Å². The van der Waals surface area contributed by atoms with Gasteiger partial charge in [-0.05, 0) is 60.5 Å². The van der Waals surface area contributed by atoms with E-state index in [9.17, 15) is 72.5 Å². The van der Waals surface area contributed by atoms with Crippen molar-refractivity contribution in [3.8, 4) is 0 Å². The summed E-state index contributed by atoms with van der Waals surface area (Å²) < 4.78 is 162. The summed E-state index contributed by atoms with van der Waals surface area (Å²) in [5, 5.41) is 18.9. The van der Waals surface area contributed by atoms with Crippen LogP contribution >= 0.6 is 0 Å². The molecule has 0 radical (unpaired) electrons. The number of alkyl halides is 12. The summed E-state index contributed by atoms with van der Waals surface area (Å²) in [6.07, 6.45) is -20.4. The molecule has 1 fully saturated rings. The number of carboxylic acids is 2. The molecule has 0 bridgehead atoms. The van der Waals surface area contributed by atoms with Gasteiger partial charge in [0.05, 0.1) is 42.0 Å². The molecule has 2 aromatic rings. The Balaban J connectivity index is 1.98. The normalized spacial score (nSPS) is 17.7. The van der Waals surface area contributed by atoms with E-state index in [1.807, 2.05) is 0 Å². The minimum absolute atomic E-state index is 0.0306. The highest BCUT2D eigenvalue weighted by Gasteiger charge is 2.38. The van der Waals surface area contributed by atoms with Crippen LogP contribution in [0.1, 0.15) is 39.8 Å². The molecular weight excluding hydrogens is 708 g/mol. The number of hydrogen-bond acceptors (Lipinski definition) is 6. The Morgan fingerprint density at radius 3 is 1.20 bits per heavy atom. The number of hydrogen-bond donors (Lipinski definition) is 2. The fraction of sp³-hybridized carbons (Fsp3) is 0.533. The first-order chi connectivity index (χ1) is 22.9. The highest BCUT2D eigenvalue weighted by Crippen LogP contribution is 2.38. The third-order valence-corrected chi connectivity index (χ3v) is 7.64. The van der Waals surface area contributed by atoms with E-state index in [1.54, 1.807) is 0 Å². The molecule has 2 aromatic carbocycles. The summed E-state index contributed by atoms with van der Waals surface area (Å²) in [7, 11) is 0. The smallest absolute Gasteiger partial charge is 0.416 e. The average Bonchev–Trinajstić information content (AvgIpc) is 2.95. The van der Waals surface area contributed by atoms with E-state index in [2.05, 4.69) is 0 Å². The Labute approximate surface area is 277 Å². The molecule has 1 aliphatic rings. The number of benzene rings is 2. The molecule has 2 N–H and O–H groups in total. The Morgan fingerprint density at radius 1 is 0.480 bits per heavy atom. The van der Waals surface area contributed by atoms with Crippen LogP contribution in [0.5, 0.6) is 0 Å². The molecule has 8 nitrogen and oxygen atoms in total. The quantitative estimate of drug-likeness (QED) is 0.310. The maximum atomic E-state index is 13.5. The van der Waals surface area contributed by atoms with Gasteiger partial charge in [-0.2, -0.15) is 52.7 Å². The monoisotopic (exact) mass is 740 g/mol. The van der Waals surface area contributed by atoms with Crippen molar-refractivity contribution in [1.82, 2.24) is 19.6 Å². The summed E-state index contributed by atoms with van der Waals surface area (Å²) in [4.78, 5) is 28.7. The van der Waals surface area contributed by atoms with Crippen molar-refractivity contribution in [3.05, 3.63) is 69.8 Å². The van der Waals surface area contributed by atoms with Gasteiger partial charge < -0.3 is 10.2 Å². The second kappa shape index (κ2) is 16.2. The van der Waals surface area contributed by atoms with Crippen LogP contribution in [0.15, 0.2) is 36.4 Å². The molecule has 0 spiro atoms. The molecule has 0 aliphatic carbocycles. The van der Waals surface area contributed by atoms with Gasteiger partial charge in [-0.3, -0.25) is 29.2 Å². The third-order valence-electron chi connectivity index (χ3n) is 7.64. The molecule has 0 saturated carbocycles. The van der Waals surface area contributed by atoms with Gasteiger partial charge in [-0.1, -0.05) is 0 Å². The molecule has 0 amide bonds. The van der Waals surface area contributed by atoms with Gasteiger partial charge >= 0.3 is 36.6 Å². The second-order valence-electron chi connectivity index (χ2n) is 11.8. The van der Waals surface area contributed by atoms with Crippen molar-refractivity contribution < 1.29 is 72.5 Å². The molecule has 0 aromatic heterocycles. The van der Waals surface area contributed by atoms with E-state index in [0.717, 1.165) is 0 Å². The number of carboxylic acid groups (broad SMARTS) is 2. The van der Waals surface area contributed by atoms with Crippen molar-refractivity contribution >= 4 is 11.9 Å². The number of rotatable bonds is 8. The predicted molar refractivity (Wildman–Crippen MR) is 151 cm³/mol. The van der Waals surface area contributed by atoms with E-state index in [1.165, 1.54) is 19.6 Å². The van der Waals surface area contributed by atoms with Gasteiger partial charge in [0.2, 0.25) is 0 Å². The highest BCUT2D eigenvalue weighted by molar-refractivity contribution is 5.69. The van der Waals surface area contributed by atoms with Gasteiger partial charge in [-0.15, -0.1) is 0 Å². The highest BCUT2D eigenvalue weighted by atomic mass is 19.4.